The van der Waals surface area contributed by atoms with Crippen LogP contribution in [0, 0.1) is 0 Å². The minimum atomic E-state index is 0. The first kappa shape index (κ1) is 25.9. The maximum absolute atomic E-state index is 5.55. The van der Waals surface area contributed by atoms with Crippen molar-refractivity contribution in [2.45, 2.75) is 32.2 Å². The number of aliphatic imine (C=N–C) groups is 1. The number of aryl methyl sites for hydroxylation is 1. The van der Waals surface area contributed by atoms with E-state index in [0.717, 1.165) is 37.3 Å². The van der Waals surface area contributed by atoms with Crippen molar-refractivity contribution in [3.8, 4) is 17.2 Å². The molecule has 0 amide bonds. The molecule has 6 nitrogen and oxygen atoms in total. The van der Waals surface area contributed by atoms with Gasteiger partial charge in [0.25, 0.3) is 0 Å². The molecule has 0 saturated carbocycles. The zero-order valence-electron chi connectivity index (χ0n) is 18.5. The Kier molecular flexibility index (Phi) is 12.0. The highest BCUT2D eigenvalue weighted by Crippen LogP contribution is 2.39. The number of ether oxygens (including phenoxy) is 3. The van der Waals surface area contributed by atoms with Gasteiger partial charge in [-0.1, -0.05) is 36.4 Å². The number of hydrogen-bond acceptors (Lipinski definition) is 4. The second-order valence-corrected chi connectivity index (χ2v) is 6.81. The molecule has 2 N–H and O–H groups in total. The van der Waals surface area contributed by atoms with Gasteiger partial charge in [0.05, 0.1) is 21.3 Å². The number of rotatable bonds is 10. The average molecular weight is 527 g/mol. The molecule has 1 unspecified atom stereocenters. The van der Waals surface area contributed by atoms with Crippen molar-refractivity contribution in [1.82, 2.24) is 10.6 Å². The van der Waals surface area contributed by atoms with Gasteiger partial charge in [0.1, 0.15) is 0 Å². The van der Waals surface area contributed by atoms with Gasteiger partial charge in [-0.3, -0.25) is 4.99 Å². The number of nitrogens with one attached hydrogen (secondary N) is 2. The second-order valence-electron chi connectivity index (χ2n) is 6.81. The molecule has 0 aromatic heterocycles. The molecule has 0 aliphatic heterocycles. The lowest BCUT2D eigenvalue weighted by molar-refractivity contribution is 0.322. The summed E-state index contributed by atoms with van der Waals surface area (Å²) in [6, 6.07) is 14.7. The van der Waals surface area contributed by atoms with E-state index in [4.69, 9.17) is 14.2 Å². The van der Waals surface area contributed by atoms with E-state index in [0.29, 0.717) is 23.3 Å². The summed E-state index contributed by atoms with van der Waals surface area (Å²) in [5.41, 5.74) is 2.40. The largest absolute Gasteiger partial charge is 0.493 e. The van der Waals surface area contributed by atoms with Gasteiger partial charge in [-0.25, -0.2) is 0 Å². The number of hydrogen-bond donors (Lipinski definition) is 2. The van der Waals surface area contributed by atoms with Gasteiger partial charge < -0.3 is 24.8 Å². The van der Waals surface area contributed by atoms with E-state index in [1.54, 1.807) is 28.4 Å². The molecule has 0 aliphatic carbocycles. The molecular weight excluding hydrogens is 493 g/mol. The molecule has 2 aromatic rings. The van der Waals surface area contributed by atoms with Crippen LogP contribution in [-0.4, -0.2) is 46.9 Å². The predicted octanol–water partition coefficient (Wildman–Crippen LogP) is 4.06. The van der Waals surface area contributed by atoms with Crippen LogP contribution in [0.2, 0.25) is 0 Å². The Balaban J connectivity index is 0.00000450. The molecule has 0 aliphatic rings. The average Bonchev–Trinajstić information content (AvgIpc) is 2.76. The maximum atomic E-state index is 5.55. The first-order chi connectivity index (χ1) is 14.1. The first-order valence-corrected chi connectivity index (χ1v) is 9.91. The summed E-state index contributed by atoms with van der Waals surface area (Å²) < 4.78 is 16.4. The molecule has 0 fully saturated rings. The number of methoxy groups -OCH3 is 3. The first-order valence-electron chi connectivity index (χ1n) is 9.91. The lowest BCUT2D eigenvalue weighted by Gasteiger charge is -2.19. The summed E-state index contributed by atoms with van der Waals surface area (Å²) in [6.45, 7) is 2.89. The number of nitrogens with zero attached hydrogens (tertiary/aromatic N) is 1. The normalized spacial score (nSPS) is 11.8. The zero-order chi connectivity index (χ0) is 21.1. The Morgan fingerprint density at radius 3 is 2.23 bits per heavy atom. The van der Waals surface area contributed by atoms with Gasteiger partial charge in [0.2, 0.25) is 5.75 Å². The zero-order valence-corrected chi connectivity index (χ0v) is 20.9. The fourth-order valence-electron chi connectivity index (χ4n) is 3.20. The minimum absolute atomic E-state index is 0. The molecule has 0 radical (unpaired) electrons. The topological polar surface area (TPSA) is 64.1 Å². The number of guanidine groups is 1. The predicted molar refractivity (Wildman–Crippen MR) is 134 cm³/mol. The Morgan fingerprint density at radius 2 is 1.63 bits per heavy atom. The van der Waals surface area contributed by atoms with Crippen LogP contribution in [0.5, 0.6) is 17.2 Å². The molecular formula is C23H34IN3O3. The quantitative estimate of drug-likeness (QED) is 0.277. The SMILES string of the molecule is CN=C(NCCc1ccc(OC)c(OC)c1OC)NC(C)CCc1ccccc1.I. The molecule has 30 heavy (non-hydrogen) atoms. The molecule has 0 bridgehead atoms. The van der Waals surface area contributed by atoms with Gasteiger partial charge in [-0.15, -0.1) is 24.0 Å². The maximum Gasteiger partial charge on any atom is 0.203 e. The fraction of sp³-hybridized carbons (Fsp3) is 0.435. The van der Waals surface area contributed by atoms with Gasteiger partial charge in [0, 0.05) is 25.2 Å². The summed E-state index contributed by atoms with van der Waals surface area (Å²) in [6.07, 6.45) is 2.84. The summed E-state index contributed by atoms with van der Waals surface area (Å²) in [5, 5.41) is 6.83. The fourth-order valence-corrected chi connectivity index (χ4v) is 3.20. The molecule has 0 heterocycles. The highest BCUT2D eigenvalue weighted by atomic mass is 127. The van der Waals surface area contributed by atoms with E-state index < -0.39 is 0 Å². The third kappa shape index (κ3) is 7.59. The van der Waals surface area contributed by atoms with Crippen LogP contribution < -0.4 is 24.8 Å². The molecule has 0 saturated heterocycles. The summed E-state index contributed by atoms with van der Waals surface area (Å²) >= 11 is 0. The number of halogens is 1. The highest BCUT2D eigenvalue weighted by Gasteiger charge is 2.15. The Bertz CT molecular complexity index is 785. The van der Waals surface area contributed by atoms with Gasteiger partial charge >= 0.3 is 0 Å². The second kappa shape index (κ2) is 14.0. The van der Waals surface area contributed by atoms with E-state index in [2.05, 4.69) is 46.8 Å². The molecule has 166 valence electrons. The number of benzene rings is 2. The van der Waals surface area contributed by atoms with E-state index in [1.807, 2.05) is 18.2 Å². The van der Waals surface area contributed by atoms with Crippen molar-refractivity contribution in [3.05, 3.63) is 53.6 Å². The van der Waals surface area contributed by atoms with Crippen LogP contribution in [-0.2, 0) is 12.8 Å². The Morgan fingerprint density at radius 1 is 0.933 bits per heavy atom. The summed E-state index contributed by atoms with van der Waals surface area (Å²) in [4.78, 5) is 4.34. The summed E-state index contributed by atoms with van der Waals surface area (Å²) in [7, 11) is 6.66. The molecule has 2 aromatic carbocycles. The van der Waals surface area contributed by atoms with Crippen LogP contribution in [0.1, 0.15) is 24.5 Å². The Labute approximate surface area is 197 Å². The van der Waals surface area contributed by atoms with E-state index in [9.17, 15) is 0 Å². The minimum Gasteiger partial charge on any atom is -0.493 e. The lowest BCUT2D eigenvalue weighted by atomic mass is 10.1. The molecule has 7 heteroatoms. The van der Waals surface area contributed by atoms with Crippen molar-refractivity contribution in [2.24, 2.45) is 4.99 Å². The van der Waals surface area contributed by atoms with Gasteiger partial charge in [-0.05, 0) is 37.8 Å². The van der Waals surface area contributed by atoms with Gasteiger partial charge in [-0.2, -0.15) is 0 Å². The standard InChI is InChI=1S/C23H33N3O3.HI/c1-17(11-12-18-9-7-6-8-10-18)26-23(24-2)25-16-15-19-13-14-20(27-3)22(29-5)21(19)28-4;/h6-10,13-14,17H,11-12,15-16H2,1-5H3,(H2,24,25,26);1H. The monoisotopic (exact) mass is 527 g/mol. The third-order valence-corrected chi connectivity index (χ3v) is 4.79. The van der Waals surface area contributed by atoms with Crippen molar-refractivity contribution in [3.63, 3.8) is 0 Å². The van der Waals surface area contributed by atoms with Crippen molar-refractivity contribution >= 4 is 29.9 Å². The Hall–Kier alpha value is -2.16. The van der Waals surface area contributed by atoms with E-state index in [1.165, 1.54) is 5.56 Å². The van der Waals surface area contributed by atoms with Crippen LogP contribution in [0.25, 0.3) is 0 Å². The highest BCUT2D eigenvalue weighted by molar-refractivity contribution is 14.0. The third-order valence-electron chi connectivity index (χ3n) is 4.79. The van der Waals surface area contributed by atoms with Crippen molar-refractivity contribution in [1.29, 1.82) is 0 Å². The molecule has 0 spiro atoms. The van der Waals surface area contributed by atoms with E-state index in [-0.39, 0.29) is 24.0 Å². The van der Waals surface area contributed by atoms with Crippen LogP contribution >= 0.6 is 24.0 Å². The lowest BCUT2D eigenvalue weighted by Crippen LogP contribution is -2.43. The van der Waals surface area contributed by atoms with E-state index >= 15 is 0 Å². The van der Waals surface area contributed by atoms with Gasteiger partial charge in [0.15, 0.2) is 17.5 Å². The van der Waals surface area contributed by atoms with Crippen LogP contribution in [0.3, 0.4) is 0 Å². The summed E-state index contributed by atoms with van der Waals surface area (Å²) in [5.74, 6) is 2.77. The van der Waals surface area contributed by atoms with Crippen molar-refractivity contribution < 1.29 is 14.2 Å². The van der Waals surface area contributed by atoms with Crippen molar-refractivity contribution in [2.75, 3.05) is 34.9 Å². The molecule has 1 atom stereocenters. The molecule has 2 rings (SSSR count). The van der Waals surface area contributed by atoms with Crippen LogP contribution in [0.15, 0.2) is 47.5 Å². The van der Waals surface area contributed by atoms with Crippen LogP contribution in [0.4, 0.5) is 0 Å². The smallest absolute Gasteiger partial charge is 0.203 e.